The fraction of sp³-hybridized carbons (Fsp3) is 0.364. The third-order valence-electron chi connectivity index (χ3n) is 2.32. The van der Waals surface area contributed by atoms with Crippen molar-refractivity contribution >= 4 is 11.6 Å². The van der Waals surface area contributed by atoms with Gasteiger partial charge in [0, 0.05) is 7.05 Å². The van der Waals surface area contributed by atoms with Crippen LogP contribution >= 0.6 is 0 Å². The second kappa shape index (κ2) is 5.58. The number of hydrogen-bond donors (Lipinski definition) is 2. The molecule has 0 atom stereocenters. The molecule has 0 bridgehead atoms. The highest BCUT2D eigenvalue weighted by atomic mass is 19.3. The van der Waals surface area contributed by atoms with Crippen LogP contribution in [0.1, 0.15) is 15.9 Å². The molecule has 0 aliphatic heterocycles. The van der Waals surface area contributed by atoms with Gasteiger partial charge in [0.15, 0.2) is 0 Å². The van der Waals surface area contributed by atoms with Gasteiger partial charge in [0.05, 0.1) is 17.8 Å². The molecule has 1 aromatic rings. The minimum absolute atomic E-state index is 0.279. The molecule has 0 saturated heterocycles. The number of anilines is 1. The smallest absolute Gasteiger partial charge is 0.255 e. The lowest BCUT2D eigenvalue weighted by Crippen LogP contribution is -2.32. The molecule has 1 amide bonds. The summed E-state index contributed by atoms with van der Waals surface area (Å²) in [5.41, 5.74) is 4.02. The maximum atomic E-state index is 12.2. The Morgan fingerprint density at radius 1 is 1.53 bits per heavy atom. The van der Waals surface area contributed by atoms with Crippen LogP contribution in [0, 0.1) is 6.92 Å². The summed E-state index contributed by atoms with van der Waals surface area (Å²) in [6.07, 6.45) is -2.55. The lowest BCUT2D eigenvalue weighted by atomic mass is 10.1. The Morgan fingerprint density at radius 2 is 2.18 bits per heavy atom. The van der Waals surface area contributed by atoms with E-state index in [0.29, 0.717) is 5.69 Å². The van der Waals surface area contributed by atoms with Gasteiger partial charge in [0.25, 0.3) is 12.3 Å². The van der Waals surface area contributed by atoms with E-state index < -0.39 is 18.9 Å². The highest BCUT2D eigenvalue weighted by Gasteiger charge is 2.18. The van der Waals surface area contributed by atoms with Gasteiger partial charge in [-0.1, -0.05) is 6.07 Å². The van der Waals surface area contributed by atoms with Gasteiger partial charge in [-0.15, -0.1) is 0 Å². The minimum atomic E-state index is -2.55. The molecule has 0 aromatic heterocycles. The van der Waals surface area contributed by atoms with Crippen molar-refractivity contribution in [2.45, 2.75) is 13.3 Å². The zero-order valence-corrected chi connectivity index (χ0v) is 9.71. The van der Waals surface area contributed by atoms with E-state index in [-0.39, 0.29) is 5.56 Å². The van der Waals surface area contributed by atoms with Crippen molar-refractivity contribution in [2.24, 2.45) is 5.84 Å². The number of hydrogen-bond acceptors (Lipinski definition) is 3. The van der Waals surface area contributed by atoms with Gasteiger partial charge in [-0.05, 0) is 24.6 Å². The molecule has 6 heteroatoms. The number of benzene rings is 1. The number of alkyl halides is 2. The molecule has 3 N–H and O–H groups in total. The number of nitrogen functional groups attached to an aromatic ring is 1. The summed E-state index contributed by atoms with van der Waals surface area (Å²) in [5.74, 6) is 4.80. The van der Waals surface area contributed by atoms with Gasteiger partial charge in [0.1, 0.15) is 0 Å². The molecule has 0 radical (unpaired) electrons. The first-order valence-corrected chi connectivity index (χ1v) is 5.06. The number of nitrogens with one attached hydrogen (secondary N) is 1. The van der Waals surface area contributed by atoms with E-state index in [1.165, 1.54) is 7.05 Å². The average Bonchev–Trinajstić information content (AvgIpc) is 2.27. The van der Waals surface area contributed by atoms with Crippen molar-refractivity contribution in [1.29, 1.82) is 0 Å². The topological polar surface area (TPSA) is 58.4 Å². The van der Waals surface area contributed by atoms with Crippen LogP contribution in [0.4, 0.5) is 14.5 Å². The number of nitrogens with two attached hydrogens (primary N) is 1. The van der Waals surface area contributed by atoms with Gasteiger partial charge in [-0.3, -0.25) is 10.6 Å². The van der Waals surface area contributed by atoms with Crippen LogP contribution in [0.5, 0.6) is 0 Å². The first-order chi connectivity index (χ1) is 7.95. The Balaban J connectivity index is 2.95. The van der Waals surface area contributed by atoms with Crippen molar-refractivity contribution in [3.63, 3.8) is 0 Å². The quantitative estimate of drug-likeness (QED) is 0.624. The third-order valence-corrected chi connectivity index (χ3v) is 2.32. The number of hydrazine groups is 1. The molecule has 0 fully saturated rings. The number of amides is 1. The Hall–Kier alpha value is -1.69. The van der Waals surface area contributed by atoms with Gasteiger partial charge in [-0.25, -0.2) is 8.78 Å². The number of rotatable bonds is 4. The van der Waals surface area contributed by atoms with Crippen LogP contribution in [-0.4, -0.2) is 30.8 Å². The summed E-state index contributed by atoms with van der Waals surface area (Å²) in [4.78, 5) is 12.8. The van der Waals surface area contributed by atoms with E-state index >= 15 is 0 Å². The Labute approximate surface area is 98.4 Å². The highest BCUT2D eigenvalue weighted by molar-refractivity contribution is 5.99. The maximum Gasteiger partial charge on any atom is 0.255 e. The second-order valence-electron chi connectivity index (χ2n) is 3.77. The van der Waals surface area contributed by atoms with Crippen molar-refractivity contribution < 1.29 is 13.6 Å². The van der Waals surface area contributed by atoms with Crippen molar-refractivity contribution in [3.8, 4) is 0 Å². The summed E-state index contributed by atoms with van der Waals surface area (Å²) in [6, 6.07) is 4.97. The van der Waals surface area contributed by atoms with Crippen molar-refractivity contribution in [2.75, 3.05) is 19.0 Å². The molecule has 17 heavy (non-hydrogen) atoms. The first-order valence-electron chi connectivity index (χ1n) is 5.06. The van der Waals surface area contributed by atoms with Crippen molar-refractivity contribution in [3.05, 3.63) is 29.3 Å². The van der Waals surface area contributed by atoms with Gasteiger partial charge in [-0.2, -0.15) is 0 Å². The van der Waals surface area contributed by atoms with E-state index in [2.05, 4.69) is 5.43 Å². The van der Waals surface area contributed by atoms with E-state index in [1.54, 1.807) is 18.2 Å². The van der Waals surface area contributed by atoms with Crippen LogP contribution in [0.25, 0.3) is 0 Å². The van der Waals surface area contributed by atoms with Crippen LogP contribution in [-0.2, 0) is 0 Å². The molecule has 0 spiro atoms. The molecule has 94 valence electrons. The average molecular weight is 243 g/mol. The Morgan fingerprint density at radius 3 is 2.71 bits per heavy atom. The molecule has 0 aliphatic rings. The van der Waals surface area contributed by atoms with Crippen LogP contribution in [0.2, 0.25) is 0 Å². The van der Waals surface area contributed by atoms with E-state index in [1.807, 2.05) is 6.92 Å². The van der Waals surface area contributed by atoms with E-state index in [0.717, 1.165) is 10.5 Å². The third kappa shape index (κ3) is 3.39. The van der Waals surface area contributed by atoms with E-state index in [9.17, 15) is 13.6 Å². The van der Waals surface area contributed by atoms with Gasteiger partial charge < -0.3 is 10.3 Å². The highest BCUT2D eigenvalue weighted by Crippen LogP contribution is 2.18. The zero-order valence-electron chi connectivity index (χ0n) is 9.71. The molecule has 0 heterocycles. The lowest BCUT2D eigenvalue weighted by molar-refractivity contribution is 0.0621. The maximum absolute atomic E-state index is 12.2. The molecule has 0 aliphatic carbocycles. The molecule has 0 unspecified atom stereocenters. The lowest BCUT2D eigenvalue weighted by Gasteiger charge is -2.18. The second-order valence-corrected chi connectivity index (χ2v) is 3.77. The summed E-state index contributed by atoms with van der Waals surface area (Å²) < 4.78 is 24.3. The fourth-order valence-corrected chi connectivity index (χ4v) is 1.46. The van der Waals surface area contributed by atoms with Crippen LogP contribution < -0.4 is 11.3 Å². The molecule has 4 nitrogen and oxygen atoms in total. The SMILES string of the molecule is Cc1ccc(C(=O)N(C)CC(F)F)c(NN)c1. The van der Waals surface area contributed by atoms with Gasteiger partial charge >= 0.3 is 0 Å². The molecule has 1 rings (SSSR count). The standard InChI is InChI=1S/C11H15F2N3O/c1-7-3-4-8(9(5-7)15-14)11(17)16(2)6-10(12)13/h3-5,10,15H,6,14H2,1-2H3. The number of halogens is 2. The van der Waals surface area contributed by atoms with E-state index in [4.69, 9.17) is 5.84 Å². The number of carbonyl (C=O) groups is 1. The largest absolute Gasteiger partial charge is 0.336 e. The van der Waals surface area contributed by atoms with Crippen LogP contribution in [0.15, 0.2) is 18.2 Å². The minimum Gasteiger partial charge on any atom is -0.336 e. The predicted octanol–water partition coefficient (Wildman–Crippen LogP) is 1.62. The number of nitrogens with zero attached hydrogens (tertiary/aromatic N) is 1. The Bertz CT molecular complexity index is 410. The fourth-order valence-electron chi connectivity index (χ4n) is 1.46. The summed E-state index contributed by atoms with van der Waals surface area (Å²) in [6.45, 7) is 1.24. The monoisotopic (exact) mass is 243 g/mol. The Kier molecular flexibility index (Phi) is 4.39. The molecule has 0 saturated carbocycles. The summed E-state index contributed by atoms with van der Waals surface area (Å²) >= 11 is 0. The number of carbonyl (C=O) groups excluding carboxylic acids is 1. The zero-order chi connectivity index (χ0) is 13.0. The summed E-state index contributed by atoms with van der Waals surface area (Å²) in [7, 11) is 1.33. The molecule has 1 aromatic carbocycles. The predicted molar refractivity (Wildman–Crippen MR) is 62.0 cm³/mol. The normalized spacial score (nSPS) is 10.5. The van der Waals surface area contributed by atoms with Crippen molar-refractivity contribution in [1.82, 2.24) is 4.90 Å². The number of aryl methyl sites for hydroxylation is 1. The molecular weight excluding hydrogens is 228 g/mol. The molecular formula is C11H15F2N3O. The summed E-state index contributed by atoms with van der Waals surface area (Å²) in [5, 5.41) is 0. The van der Waals surface area contributed by atoms with Crippen LogP contribution in [0.3, 0.4) is 0 Å². The first kappa shape index (κ1) is 13.4. The van der Waals surface area contributed by atoms with Gasteiger partial charge in [0.2, 0.25) is 0 Å².